The fraction of sp³-hybridized carbons (Fsp3) is 0.375. The van der Waals surface area contributed by atoms with Gasteiger partial charge in [-0.15, -0.1) is 11.3 Å². The molecule has 1 aromatic rings. The molecule has 0 fully saturated rings. The average Bonchev–Trinajstić information content (AvgIpc) is 2.58. The van der Waals surface area contributed by atoms with E-state index >= 15 is 0 Å². The quantitative estimate of drug-likeness (QED) is 0.312. The number of hydrogen-bond donors (Lipinski definition) is 3. The third-order valence-electron chi connectivity index (χ3n) is 1.78. The Morgan fingerprint density at radius 1 is 1.69 bits per heavy atom. The first-order chi connectivity index (χ1) is 7.56. The number of nitrogens with one attached hydrogen (secondary N) is 2. The number of ether oxygens (including phenoxy) is 1. The number of carbonyl (C=O) groups excluding carboxylic acids is 1. The summed E-state index contributed by atoms with van der Waals surface area (Å²) < 4.78 is 4.58. The van der Waals surface area contributed by atoms with Crippen LogP contribution in [0.2, 0.25) is 0 Å². The second-order valence-electron chi connectivity index (χ2n) is 2.88. The summed E-state index contributed by atoms with van der Waals surface area (Å²) in [5.74, 6) is 4.82. The van der Waals surface area contributed by atoms with Gasteiger partial charge in [-0.3, -0.25) is 4.79 Å². The largest absolute Gasteiger partial charge is 0.469 e. The van der Waals surface area contributed by atoms with Crippen molar-refractivity contribution in [2.24, 2.45) is 5.84 Å². The SMILES string of the molecule is COC(=O)Cc1sc(NC(=S)NN)nc1C. The van der Waals surface area contributed by atoms with Crippen LogP contribution in [0.4, 0.5) is 5.13 Å². The number of thiocarbonyl (C=S) groups is 1. The summed E-state index contributed by atoms with van der Waals surface area (Å²) in [6, 6.07) is 0. The number of aromatic nitrogens is 1. The molecule has 0 radical (unpaired) electrons. The van der Waals surface area contributed by atoms with Gasteiger partial charge in [-0.25, -0.2) is 10.8 Å². The van der Waals surface area contributed by atoms with Crippen molar-refractivity contribution >= 4 is 39.8 Å². The second kappa shape index (κ2) is 5.73. The van der Waals surface area contributed by atoms with E-state index in [4.69, 9.17) is 18.1 Å². The molecule has 0 aliphatic carbocycles. The van der Waals surface area contributed by atoms with Crippen LogP contribution < -0.4 is 16.6 Å². The van der Waals surface area contributed by atoms with Crippen LogP contribution in [-0.4, -0.2) is 23.2 Å². The molecule has 0 aliphatic rings. The molecular formula is C8H12N4O2S2. The van der Waals surface area contributed by atoms with E-state index in [0.717, 1.165) is 10.6 Å². The lowest BCUT2D eigenvalue weighted by Crippen LogP contribution is -2.34. The molecule has 0 aliphatic heterocycles. The van der Waals surface area contributed by atoms with Crippen LogP contribution in [0.25, 0.3) is 0 Å². The summed E-state index contributed by atoms with van der Waals surface area (Å²) in [5.41, 5.74) is 3.07. The molecule has 1 aromatic heterocycles. The fourth-order valence-corrected chi connectivity index (χ4v) is 2.10. The molecule has 0 atom stereocenters. The van der Waals surface area contributed by atoms with E-state index in [2.05, 4.69) is 20.5 Å². The number of carbonyl (C=O) groups is 1. The monoisotopic (exact) mass is 260 g/mol. The summed E-state index contributed by atoms with van der Waals surface area (Å²) in [7, 11) is 1.35. The van der Waals surface area contributed by atoms with Crippen molar-refractivity contribution in [1.82, 2.24) is 10.4 Å². The Morgan fingerprint density at radius 3 is 2.94 bits per heavy atom. The number of hydrazine groups is 1. The maximum atomic E-state index is 11.1. The smallest absolute Gasteiger partial charge is 0.310 e. The zero-order valence-electron chi connectivity index (χ0n) is 8.86. The van der Waals surface area contributed by atoms with Crippen molar-refractivity contribution in [1.29, 1.82) is 0 Å². The Balaban J connectivity index is 2.73. The highest BCUT2D eigenvalue weighted by Gasteiger charge is 2.12. The first-order valence-corrected chi connectivity index (χ1v) is 5.60. The first-order valence-electron chi connectivity index (χ1n) is 4.37. The maximum absolute atomic E-state index is 11.1. The molecule has 4 N–H and O–H groups in total. The number of nitrogens with two attached hydrogens (primary N) is 1. The summed E-state index contributed by atoms with van der Waals surface area (Å²) >= 11 is 6.17. The van der Waals surface area contributed by atoms with Crippen molar-refractivity contribution in [3.8, 4) is 0 Å². The summed E-state index contributed by atoms with van der Waals surface area (Å²) in [4.78, 5) is 16.1. The highest BCUT2D eigenvalue weighted by Crippen LogP contribution is 2.23. The molecule has 16 heavy (non-hydrogen) atoms. The minimum Gasteiger partial charge on any atom is -0.469 e. The lowest BCUT2D eigenvalue weighted by molar-refractivity contribution is -0.139. The normalized spacial score (nSPS) is 9.69. The molecule has 1 rings (SSSR count). The van der Waals surface area contributed by atoms with Crippen molar-refractivity contribution in [3.63, 3.8) is 0 Å². The fourth-order valence-electron chi connectivity index (χ4n) is 0.982. The number of esters is 1. The van der Waals surface area contributed by atoms with Gasteiger partial charge in [0.1, 0.15) is 0 Å². The topological polar surface area (TPSA) is 89.3 Å². The van der Waals surface area contributed by atoms with Gasteiger partial charge in [-0.05, 0) is 19.1 Å². The number of hydrogen-bond acceptors (Lipinski definition) is 6. The van der Waals surface area contributed by atoms with Crippen LogP contribution in [0.3, 0.4) is 0 Å². The van der Waals surface area contributed by atoms with Gasteiger partial charge < -0.3 is 15.5 Å². The molecule has 0 aromatic carbocycles. The van der Waals surface area contributed by atoms with Crippen LogP contribution in [0.5, 0.6) is 0 Å². The number of aryl methyl sites for hydroxylation is 1. The minimum absolute atomic E-state index is 0.213. The van der Waals surface area contributed by atoms with Crippen LogP contribution in [-0.2, 0) is 16.0 Å². The van der Waals surface area contributed by atoms with Gasteiger partial charge in [-0.1, -0.05) is 0 Å². The van der Waals surface area contributed by atoms with E-state index in [1.54, 1.807) is 0 Å². The minimum atomic E-state index is -0.294. The van der Waals surface area contributed by atoms with Gasteiger partial charge in [0.25, 0.3) is 0 Å². The summed E-state index contributed by atoms with van der Waals surface area (Å²) in [6.07, 6.45) is 0.213. The lowest BCUT2D eigenvalue weighted by atomic mass is 10.3. The molecule has 0 bridgehead atoms. The molecule has 0 saturated carbocycles. The van der Waals surface area contributed by atoms with Crippen LogP contribution >= 0.6 is 23.6 Å². The van der Waals surface area contributed by atoms with Crippen molar-refractivity contribution in [3.05, 3.63) is 10.6 Å². The van der Waals surface area contributed by atoms with Gasteiger partial charge in [0.2, 0.25) is 0 Å². The average molecular weight is 260 g/mol. The first kappa shape index (κ1) is 12.8. The van der Waals surface area contributed by atoms with E-state index in [-0.39, 0.29) is 17.5 Å². The molecule has 88 valence electrons. The molecule has 0 unspecified atom stereocenters. The van der Waals surface area contributed by atoms with Gasteiger partial charge in [0.05, 0.1) is 19.2 Å². The van der Waals surface area contributed by atoms with Gasteiger partial charge in [0, 0.05) is 4.88 Å². The molecule has 0 amide bonds. The zero-order valence-corrected chi connectivity index (χ0v) is 10.5. The Kier molecular flexibility index (Phi) is 4.59. The van der Waals surface area contributed by atoms with E-state index in [1.807, 2.05) is 6.92 Å². The van der Waals surface area contributed by atoms with Crippen LogP contribution in [0, 0.1) is 6.92 Å². The number of thiazole rings is 1. The van der Waals surface area contributed by atoms with Gasteiger partial charge in [0.15, 0.2) is 10.2 Å². The molecular weight excluding hydrogens is 248 g/mol. The van der Waals surface area contributed by atoms with E-state index in [0.29, 0.717) is 5.13 Å². The van der Waals surface area contributed by atoms with E-state index in [1.165, 1.54) is 18.4 Å². The standard InChI is InChI=1S/C8H12N4O2S2/c1-4-5(3-6(13)14-2)16-8(10-4)11-7(15)12-9/h3,9H2,1-2H3,(H2,10,11,12,15). The predicted octanol–water partition coefficient (Wildman–Crippen LogP) is 0.327. The number of rotatable bonds is 3. The molecule has 1 heterocycles. The Bertz CT molecular complexity index is 405. The third-order valence-corrected chi connectivity index (χ3v) is 3.07. The zero-order chi connectivity index (χ0) is 12.1. The lowest BCUT2D eigenvalue weighted by Gasteiger charge is -2.01. The second-order valence-corrected chi connectivity index (χ2v) is 4.37. The number of nitrogens with zero attached hydrogens (tertiary/aromatic N) is 1. The molecule has 8 heteroatoms. The van der Waals surface area contributed by atoms with Crippen LogP contribution in [0.1, 0.15) is 10.6 Å². The highest BCUT2D eigenvalue weighted by atomic mass is 32.1. The van der Waals surface area contributed by atoms with Crippen molar-refractivity contribution in [2.45, 2.75) is 13.3 Å². The maximum Gasteiger partial charge on any atom is 0.310 e. The third kappa shape index (κ3) is 3.40. The van der Waals surface area contributed by atoms with Gasteiger partial charge in [-0.2, -0.15) is 0 Å². The van der Waals surface area contributed by atoms with E-state index in [9.17, 15) is 4.79 Å². The summed E-state index contributed by atoms with van der Waals surface area (Å²) in [6.45, 7) is 1.82. The summed E-state index contributed by atoms with van der Waals surface area (Å²) in [5, 5.41) is 3.67. The van der Waals surface area contributed by atoms with Crippen molar-refractivity contribution < 1.29 is 9.53 Å². The predicted molar refractivity (Wildman–Crippen MR) is 66.1 cm³/mol. The van der Waals surface area contributed by atoms with Crippen LogP contribution in [0.15, 0.2) is 0 Å². The molecule has 0 spiro atoms. The number of methoxy groups -OCH3 is 1. The van der Waals surface area contributed by atoms with Crippen molar-refractivity contribution in [2.75, 3.05) is 12.4 Å². The Labute approximate surface area is 102 Å². The highest BCUT2D eigenvalue weighted by molar-refractivity contribution is 7.80. The molecule has 6 nitrogen and oxygen atoms in total. The molecule has 0 saturated heterocycles. The Morgan fingerprint density at radius 2 is 2.38 bits per heavy atom. The Hall–Kier alpha value is -1.25. The number of anilines is 1. The van der Waals surface area contributed by atoms with Gasteiger partial charge >= 0.3 is 5.97 Å². The van der Waals surface area contributed by atoms with E-state index < -0.39 is 0 Å².